The van der Waals surface area contributed by atoms with Crippen LogP contribution in [0.2, 0.25) is 10.0 Å². The molecule has 0 N–H and O–H groups in total. The average Bonchev–Trinajstić information content (AvgIpc) is 2.73. The molecular formula is C14H9Cl2FN4. The van der Waals surface area contributed by atoms with E-state index in [0.717, 1.165) is 0 Å². The third-order valence-corrected chi connectivity index (χ3v) is 3.42. The summed E-state index contributed by atoms with van der Waals surface area (Å²) < 4.78 is 14.9. The zero-order valence-electron chi connectivity index (χ0n) is 10.9. The zero-order chi connectivity index (χ0) is 15.0. The van der Waals surface area contributed by atoms with Gasteiger partial charge < -0.3 is 0 Å². The fraction of sp³-hybridized carbons (Fsp3) is 0.0714. The van der Waals surface area contributed by atoms with Gasteiger partial charge in [-0.3, -0.25) is 4.40 Å². The molecule has 2 aromatic heterocycles. The van der Waals surface area contributed by atoms with E-state index >= 15 is 0 Å². The Bertz CT molecular complexity index is 858. The smallest absolute Gasteiger partial charge is 0.182 e. The quantitative estimate of drug-likeness (QED) is 0.574. The standard InChI is InChI=1S/C14H9Cl2FN4/c1-8-14(21-7-10(17)3-5-13(21)18-8)20-19-12-4-2-9(15)6-11(12)16/h2-7H,1H3. The Morgan fingerprint density at radius 3 is 2.71 bits per heavy atom. The third-order valence-electron chi connectivity index (χ3n) is 2.89. The zero-order valence-corrected chi connectivity index (χ0v) is 12.4. The Morgan fingerprint density at radius 2 is 1.95 bits per heavy atom. The maximum atomic E-state index is 13.3. The Balaban J connectivity index is 2.06. The molecule has 0 aliphatic rings. The molecule has 0 radical (unpaired) electrons. The fourth-order valence-electron chi connectivity index (χ4n) is 1.91. The van der Waals surface area contributed by atoms with Gasteiger partial charge in [-0.1, -0.05) is 23.2 Å². The van der Waals surface area contributed by atoms with Crippen LogP contribution in [0.25, 0.3) is 5.65 Å². The summed E-state index contributed by atoms with van der Waals surface area (Å²) in [6, 6.07) is 7.84. The van der Waals surface area contributed by atoms with E-state index in [1.165, 1.54) is 16.7 Å². The van der Waals surface area contributed by atoms with Crippen molar-refractivity contribution in [2.75, 3.05) is 0 Å². The first kappa shape index (κ1) is 14.0. The molecule has 0 aliphatic heterocycles. The number of fused-ring (bicyclic) bond motifs is 1. The predicted molar refractivity (Wildman–Crippen MR) is 80.5 cm³/mol. The molecule has 0 saturated carbocycles. The summed E-state index contributed by atoms with van der Waals surface area (Å²) in [5.41, 5.74) is 1.73. The van der Waals surface area contributed by atoms with Gasteiger partial charge in [0, 0.05) is 11.2 Å². The number of hydrogen-bond donors (Lipinski definition) is 0. The van der Waals surface area contributed by atoms with Crippen LogP contribution in [0, 0.1) is 12.7 Å². The van der Waals surface area contributed by atoms with Crippen LogP contribution in [-0.2, 0) is 0 Å². The maximum absolute atomic E-state index is 13.3. The molecule has 3 rings (SSSR count). The highest BCUT2D eigenvalue weighted by Crippen LogP contribution is 2.30. The molecule has 0 aliphatic carbocycles. The van der Waals surface area contributed by atoms with Crippen LogP contribution < -0.4 is 0 Å². The minimum absolute atomic E-state index is 0.374. The van der Waals surface area contributed by atoms with Crippen LogP contribution in [0.4, 0.5) is 15.9 Å². The Morgan fingerprint density at radius 1 is 1.14 bits per heavy atom. The molecule has 0 saturated heterocycles. The van der Waals surface area contributed by atoms with Gasteiger partial charge in [0.1, 0.15) is 17.2 Å². The molecule has 2 heterocycles. The first-order valence-electron chi connectivity index (χ1n) is 6.05. The summed E-state index contributed by atoms with van der Waals surface area (Å²) in [5.74, 6) is 0.0800. The monoisotopic (exact) mass is 322 g/mol. The first-order valence-corrected chi connectivity index (χ1v) is 6.81. The Hall–Kier alpha value is -1.98. The van der Waals surface area contributed by atoms with Crippen molar-refractivity contribution in [1.82, 2.24) is 9.38 Å². The van der Waals surface area contributed by atoms with E-state index in [0.29, 0.717) is 32.9 Å². The molecule has 0 spiro atoms. The van der Waals surface area contributed by atoms with Crippen molar-refractivity contribution in [3.05, 3.63) is 58.1 Å². The molecule has 7 heteroatoms. The van der Waals surface area contributed by atoms with Crippen LogP contribution in [0.3, 0.4) is 0 Å². The van der Waals surface area contributed by atoms with Crippen molar-refractivity contribution in [1.29, 1.82) is 0 Å². The maximum Gasteiger partial charge on any atom is 0.182 e. The summed E-state index contributed by atoms with van der Waals surface area (Å²) in [4.78, 5) is 4.29. The van der Waals surface area contributed by atoms with E-state index in [9.17, 15) is 4.39 Å². The SMILES string of the molecule is Cc1nc2ccc(F)cn2c1N=Nc1ccc(Cl)cc1Cl. The van der Waals surface area contributed by atoms with E-state index in [2.05, 4.69) is 15.2 Å². The number of imidazole rings is 1. The normalized spacial score (nSPS) is 11.6. The van der Waals surface area contributed by atoms with Gasteiger partial charge in [-0.05, 0) is 37.3 Å². The second-order valence-corrected chi connectivity index (χ2v) is 5.24. The van der Waals surface area contributed by atoms with Crippen LogP contribution in [0.5, 0.6) is 0 Å². The van der Waals surface area contributed by atoms with E-state index in [-0.39, 0.29) is 5.82 Å². The minimum atomic E-state index is -0.374. The van der Waals surface area contributed by atoms with Gasteiger partial charge >= 0.3 is 0 Å². The number of halogens is 3. The van der Waals surface area contributed by atoms with Gasteiger partial charge in [-0.2, -0.15) is 0 Å². The molecule has 106 valence electrons. The van der Waals surface area contributed by atoms with E-state index < -0.39 is 0 Å². The van der Waals surface area contributed by atoms with Gasteiger partial charge in [-0.15, -0.1) is 10.2 Å². The van der Waals surface area contributed by atoms with Gasteiger partial charge in [0.15, 0.2) is 5.82 Å². The van der Waals surface area contributed by atoms with Crippen LogP contribution in [0.1, 0.15) is 5.69 Å². The molecule has 3 aromatic rings. The van der Waals surface area contributed by atoms with Gasteiger partial charge in [0.2, 0.25) is 0 Å². The lowest BCUT2D eigenvalue weighted by atomic mass is 10.3. The highest BCUT2D eigenvalue weighted by molar-refractivity contribution is 6.36. The molecule has 0 amide bonds. The molecule has 0 atom stereocenters. The number of pyridine rings is 1. The van der Waals surface area contributed by atoms with E-state index in [1.807, 2.05) is 0 Å². The number of hydrogen-bond acceptors (Lipinski definition) is 3. The van der Waals surface area contributed by atoms with Crippen LogP contribution in [-0.4, -0.2) is 9.38 Å². The highest BCUT2D eigenvalue weighted by atomic mass is 35.5. The van der Waals surface area contributed by atoms with Crippen molar-refractivity contribution >= 4 is 40.4 Å². The summed E-state index contributed by atoms with van der Waals surface area (Å²) in [5, 5.41) is 9.12. The molecule has 21 heavy (non-hydrogen) atoms. The van der Waals surface area contributed by atoms with Crippen molar-refractivity contribution in [3.63, 3.8) is 0 Å². The minimum Gasteiger partial charge on any atom is -0.280 e. The fourth-order valence-corrected chi connectivity index (χ4v) is 2.35. The lowest BCUT2D eigenvalue weighted by Crippen LogP contribution is -1.85. The molecule has 4 nitrogen and oxygen atoms in total. The number of aromatic nitrogens is 2. The van der Waals surface area contributed by atoms with E-state index in [4.69, 9.17) is 23.2 Å². The van der Waals surface area contributed by atoms with Gasteiger partial charge in [-0.25, -0.2) is 9.37 Å². The summed E-state index contributed by atoms with van der Waals surface area (Å²) in [6.45, 7) is 1.78. The van der Waals surface area contributed by atoms with Crippen molar-refractivity contribution in [2.45, 2.75) is 6.92 Å². The van der Waals surface area contributed by atoms with E-state index in [1.54, 1.807) is 31.2 Å². The topological polar surface area (TPSA) is 42.0 Å². The number of benzene rings is 1. The predicted octanol–water partition coefficient (Wildman–Crippen LogP) is 5.50. The summed E-state index contributed by atoms with van der Waals surface area (Å²) in [6.07, 6.45) is 1.31. The Labute approximate surface area is 129 Å². The number of aryl methyl sites for hydroxylation is 1. The van der Waals surface area contributed by atoms with Crippen LogP contribution >= 0.6 is 23.2 Å². The van der Waals surface area contributed by atoms with Gasteiger partial charge in [0.25, 0.3) is 0 Å². The third kappa shape index (κ3) is 2.75. The molecular weight excluding hydrogens is 314 g/mol. The number of rotatable bonds is 2. The van der Waals surface area contributed by atoms with Gasteiger partial charge in [0.05, 0.1) is 10.7 Å². The molecule has 0 bridgehead atoms. The average molecular weight is 323 g/mol. The van der Waals surface area contributed by atoms with Crippen molar-refractivity contribution < 1.29 is 4.39 Å². The van der Waals surface area contributed by atoms with Crippen molar-refractivity contribution in [2.24, 2.45) is 10.2 Å². The lowest BCUT2D eigenvalue weighted by Gasteiger charge is -1.98. The molecule has 0 fully saturated rings. The first-order chi connectivity index (χ1) is 10.0. The number of azo groups is 1. The largest absolute Gasteiger partial charge is 0.280 e. The summed E-state index contributed by atoms with van der Waals surface area (Å²) >= 11 is 11.9. The Kier molecular flexibility index (Phi) is 3.61. The number of nitrogens with zero attached hydrogens (tertiary/aromatic N) is 4. The summed E-state index contributed by atoms with van der Waals surface area (Å²) in [7, 11) is 0. The lowest BCUT2D eigenvalue weighted by molar-refractivity contribution is 0.619. The second-order valence-electron chi connectivity index (χ2n) is 4.39. The highest BCUT2D eigenvalue weighted by Gasteiger charge is 2.09. The van der Waals surface area contributed by atoms with Crippen LogP contribution in [0.15, 0.2) is 46.8 Å². The molecule has 1 aromatic carbocycles. The molecule has 0 unspecified atom stereocenters. The second kappa shape index (κ2) is 5.42. The van der Waals surface area contributed by atoms with Crippen molar-refractivity contribution in [3.8, 4) is 0 Å².